The number of nitrogens with zero attached hydrogens (tertiary/aromatic N) is 2. The molecule has 2 heterocycles. The van der Waals surface area contributed by atoms with Crippen molar-refractivity contribution >= 4 is 11.6 Å². The van der Waals surface area contributed by atoms with E-state index in [0.29, 0.717) is 12.5 Å². The number of ketones is 1. The van der Waals surface area contributed by atoms with Crippen LogP contribution >= 0.6 is 0 Å². The Balaban J connectivity index is 1.70. The molecule has 1 aliphatic heterocycles. The summed E-state index contributed by atoms with van der Waals surface area (Å²) in [6.45, 7) is 3.00. The van der Waals surface area contributed by atoms with Crippen LogP contribution in [0.25, 0.3) is 0 Å². The number of hydrogen-bond acceptors (Lipinski definition) is 4. The summed E-state index contributed by atoms with van der Waals surface area (Å²) >= 11 is 0. The van der Waals surface area contributed by atoms with E-state index in [1.165, 1.54) is 0 Å². The van der Waals surface area contributed by atoms with E-state index in [4.69, 9.17) is 0 Å². The van der Waals surface area contributed by atoms with Crippen molar-refractivity contribution in [3.63, 3.8) is 0 Å². The first-order valence-electron chi connectivity index (χ1n) is 8.11. The molecule has 0 fully saturated rings. The Kier molecular flexibility index (Phi) is 4.81. The molecular formula is C19H21N3O. The zero-order valence-corrected chi connectivity index (χ0v) is 13.3. The quantitative estimate of drug-likeness (QED) is 0.835. The highest BCUT2D eigenvalue weighted by molar-refractivity contribution is 6.01. The Morgan fingerprint density at radius 3 is 2.87 bits per heavy atom. The first kappa shape index (κ1) is 15.4. The van der Waals surface area contributed by atoms with Gasteiger partial charge in [0.25, 0.3) is 0 Å². The van der Waals surface area contributed by atoms with Crippen LogP contribution in [0.1, 0.15) is 41.4 Å². The number of aliphatic imine (C=N–C) groups is 1. The van der Waals surface area contributed by atoms with Crippen LogP contribution in [-0.4, -0.2) is 29.2 Å². The first-order chi connectivity index (χ1) is 11.3. The average molecular weight is 307 g/mol. The van der Waals surface area contributed by atoms with Crippen LogP contribution in [0, 0.1) is 0 Å². The van der Waals surface area contributed by atoms with Gasteiger partial charge in [-0.15, -0.1) is 0 Å². The monoisotopic (exact) mass is 307 g/mol. The molecule has 0 spiro atoms. The third-order valence-corrected chi connectivity index (χ3v) is 3.98. The lowest BCUT2D eigenvalue weighted by Gasteiger charge is -2.10. The van der Waals surface area contributed by atoms with E-state index in [9.17, 15) is 4.79 Å². The van der Waals surface area contributed by atoms with Crippen LogP contribution in [0.4, 0.5) is 0 Å². The Morgan fingerprint density at radius 2 is 2.09 bits per heavy atom. The molecular weight excluding hydrogens is 286 g/mol. The highest BCUT2D eigenvalue weighted by atomic mass is 16.1. The Hall–Kier alpha value is -2.49. The maximum atomic E-state index is 12.3. The van der Waals surface area contributed by atoms with Gasteiger partial charge in [0, 0.05) is 29.1 Å². The highest BCUT2D eigenvalue weighted by Gasteiger charge is 2.18. The summed E-state index contributed by atoms with van der Waals surface area (Å²) in [5.74, 6) is 1.000. The molecule has 0 bridgehead atoms. The number of aromatic nitrogens is 1. The number of hydrogen-bond donors (Lipinski definition) is 1. The molecule has 1 aliphatic rings. The minimum atomic E-state index is 0.0837. The molecule has 2 aromatic rings. The molecule has 118 valence electrons. The summed E-state index contributed by atoms with van der Waals surface area (Å²) in [5.41, 5.74) is 2.51. The van der Waals surface area contributed by atoms with Crippen molar-refractivity contribution in [3.8, 4) is 0 Å². The third kappa shape index (κ3) is 3.83. The zero-order chi connectivity index (χ0) is 16.1. The summed E-state index contributed by atoms with van der Waals surface area (Å²) in [6.07, 6.45) is 4.33. The fourth-order valence-corrected chi connectivity index (χ4v) is 2.79. The summed E-state index contributed by atoms with van der Waals surface area (Å²) in [7, 11) is 0. The molecule has 1 N–H and O–H groups in total. The molecule has 1 atom stereocenters. The van der Waals surface area contributed by atoms with Crippen LogP contribution in [0.5, 0.6) is 0 Å². The van der Waals surface area contributed by atoms with Crippen LogP contribution < -0.4 is 5.32 Å². The molecule has 23 heavy (non-hydrogen) atoms. The molecule has 1 aromatic heterocycles. The lowest BCUT2D eigenvalue weighted by molar-refractivity contribution is 0.0992. The fraction of sp³-hybridized carbons (Fsp3) is 0.316. The van der Waals surface area contributed by atoms with Crippen molar-refractivity contribution in [1.82, 2.24) is 10.3 Å². The van der Waals surface area contributed by atoms with Crippen molar-refractivity contribution in [2.75, 3.05) is 6.54 Å². The lowest BCUT2D eigenvalue weighted by Crippen LogP contribution is -2.30. The molecule has 0 saturated heterocycles. The predicted octanol–water partition coefficient (Wildman–Crippen LogP) is 3.03. The second-order valence-corrected chi connectivity index (χ2v) is 5.82. The summed E-state index contributed by atoms with van der Waals surface area (Å²) in [6, 6.07) is 13.7. The fourth-order valence-electron chi connectivity index (χ4n) is 2.79. The Morgan fingerprint density at radius 1 is 1.26 bits per heavy atom. The molecule has 3 rings (SSSR count). The van der Waals surface area contributed by atoms with Gasteiger partial charge in [0.2, 0.25) is 0 Å². The van der Waals surface area contributed by atoms with E-state index < -0.39 is 0 Å². The molecule has 1 unspecified atom stereocenters. The number of Topliss-reactive ketones (excluding diaryl/α,β-unsaturated/α-hetero) is 1. The van der Waals surface area contributed by atoms with Crippen LogP contribution in [0.15, 0.2) is 53.7 Å². The predicted molar refractivity (Wildman–Crippen MR) is 91.9 cm³/mol. The molecule has 1 aromatic carbocycles. The standard InChI is InChI=1S/C19H21N3O/c1-2-6-16-13-21-19(22-16)15-9-10-20-17(11-15)12-18(23)14-7-4-3-5-8-14/h3-5,7-11,16H,2,6,12-13H2,1H3,(H,21,22). The normalized spacial score (nSPS) is 16.7. The van der Waals surface area contributed by atoms with Gasteiger partial charge in [-0.25, -0.2) is 0 Å². The van der Waals surface area contributed by atoms with Gasteiger partial charge in [-0.1, -0.05) is 43.7 Å². The van der Waals surface area contributed by atoms with Crippen LogP contribution in [0.3, 0.4) is 0 Å². The van der Waals surface area contributed by atoms with Gasteiger partial charge in [-0.2, -0.15) is 0 Å². The second kappa shape index (κ2) is 7.18. The third-order valence-electron chi connectivity index (χ3n) is 3.98. The highest BCUT2D eigenvalue weighted by Crippen LogP contribution is 2.12. The topological polar surface area (TPSA) is 54.4 Å². The van der Waals surface area contributed by atoms with Gasteiger partial charge < -0.3 is 5.32 Å². The lowest BCUT2D eigenvalue weighted by atomic mass is 10.1. The molecule has 0 radical (unpaired) electrons. The number of amidine groups is 1. The second-order valence-electron chi connectivity index (χ2n) is 5.82. The van der Waals surface area contributed by atoms with Gasteiger partial charge >= 0.3 is 0 Å². The van der Waals surface area contributed by atoms with Crippen molar-refractivity contribution in [2.24, 2.45) is 4.99 Å². The number of rotatable bonds is 6. The summed E-state index contributed by atoms with van der Waals surface area (Å²) < 4.78 is 0. The SMILES string of the molecule is CCCC1CN=C(c2ccnc(CC(=O)c3ccccc3)c2)N1. The van der Waals surface area contributed by atoms with E-state index in [2.05, 4.69) is 22.2 Å². The maximum Gasteiger partial charge on any atom is 0.168 e. The van der Waals surface area contributed by atoms with Crippen molar-refractivity contribution < 1.29 is 4.79 Å². The van der Waals surface area contributed by atoms with Crippen molar-refractivity contribution in [1.29, 1.82) is 0 Å². The largest absolute Gasteiger partial charge is 0.365 e. The summed E-state index contributed by atoms with van der Waals surface area (Å²) in [5, 5.41) is 3.46. The van der Waals surface area contributed by atoms with Gasteiger partial charge in [-0.3, -0.25) is 14.8 Å². The number of carbonyl (C=O) groups is 1. The van der Waals surface area contributed by atoms with Crippen LogP contribution in [0.2, 0.25) is 0 Å². The van der Waals surface area contributed by atoms with Gasteiger partial charge in [0.1, 0.15) is 5.84 Å². The van der Waals surface area contributed by atoms with E-state index in [-0.39, 0.29) is 5.78 Å². The Labute approximate surface area is 136 Å². The number of benzene rings is 1. The van der Waals surface area contributed by atoms with Gasteiger partial charge in [0.05, 0.1) is 13.0 Å². The molecule has 0 aliphatic carbocycles. The van der Waals surface area contributed by atoms with Crippen LogP contribution in [-0.2, 0) is 6.42 Å². The van der Waals surface area contributed by atoms with E-state index in [0.717, 1.165) is 42.0 Å². The smallest absolute Gasteiger partial charge is 0.168 e. The summed E-state index contributed by atoms with van der Waals surface area (Å²) in [4.78, 5) is 21.2. The molecule has 4 heteroatoms. The van der Waals surface area contributed by atoms with Gasteiger partial charge in [0.15, 0.2) is 5.78 Å². The molecule has 0 amide bonds. The number of carbonyl (C=O) groups excluding carboxylic acids is 1. The van der Waals surface area contributed by atoms with Crippen molar-refractivity contribution in [3.05, 3.63) is 65.5 Å². The van der Waals surface area contributed by atoms with Gasteiger partial charge in [-0.05, 0) is 18.6 Å². The molecule has 4 nitrogen and oxygen atoms in total. The number of nitrogens with one attached hydrogen (secondary N) is 1. The molecule has 0 saturated carbocycles. The minimum absolute atomic E-state index is 0.0837. The minimum Gasteiger partial charge on any atom is -0.365 e. The average Bonchev–Trinajstić information content (AvgIpc) is 3.05. The van der Waals surface area contributed by atoms with Crippen molar-refractivity contribution in [2.45, 2.75) is 32.2 Å². The van der Waals surface area contributed by atoms with E-state index >= 15 is 0 Å². The maximum absolute atomic E-state index is 12.3. The Bertz CT molecular complexity index is 710. The zero-order valence-electron chi connectivity index (χ0n) is 13.3. The first-order valence-corrected chi connectivity index (χ1v) is 8.11. The number of pyridine rings is 1. The van der Waals surface area contributed by atoms with E-state index in [1.54, 1.807) is 6.20 Å². The van der Waals surface area contributed by atoms with E-state index in [1.807, 2.05) is 42.5 Å².